The summed E-state index contributed by atoms with van der Waals surface area (Å²) in [5.74, 6) is 0.150. The van der Waals surface area contributed by atoms with Crippen molar-refractivity contribution in [1.29, 1.82) is 0 Å². The highest BCUT2D eigenvalue weighted by Crippen LogP contribution is 2.26. The Morgan fingerprint density at radius 1 is 1.32 bits per heavy atom. The number of rotatable bonds is 2. The van der Waals surface area contributed by atoms with Crippen LogP contribution >= 0.6 is 0 Å². The second-order valence-electron chi connectivity index (χ2n) is 4.57. The van der Waals surface area contributed by atoms with E-state index in [0.717, 1.165) is 6.42 Å². The van der Waals surface area contributed by atoms with Gasteiger partial charge in [-0.25, -0.2) is 4.39 Å². The lowest BCUT2D eigenvalue weighted by molar-refractivity contribution is 0.0590. The number of aromatic nitrogens is 2. The van der Waals surface area contributed by atoms with Gasteiger partial charge in [-0.2, -0.15) is 4.98 Å². The lowest BCUT2D eigenvalue weighted by Gasteiger charge is -2.25. The van der Waals surface area contributed by atoms with E-state index in [9.17, 15) is 4.39 Å². The smallest absolute Gasteiger partial charge is 0.233 e. The molecule has 1 aliphatic rings. The van der Waals surface area contributed by atoms with Crippen molar-refractivity contribution in [1.82, 2.24) is 10.1 Å². The fraction of sp³-hybridized carbons (Fsp3) is 0.385. The number of hydrogen-bond acceptors (Lipinski definition) is 5. The van der Waals surface area contributed by atoms with Crippen LogP contribution in [0.25, 0.3) is 11.4 Å². The van der Waals surface area contributed by atoms with Crippen LogP contribution in [-0.4, -0.2) is 29.4 Å². The van der Waals surface area contributed by atoms with E-state index in [4.69, 9.17) is 15.0 Å². The Labute approximate surface area is 109 Å². The zero-order valence-electron chi connectivity index (χ0n) is 10.3. The molecule has 0 amide bonds. The van der Waals surface area contributed by atoms with Gasteiger partial charge in [0.2, 0.25) is 11.7 Å². The van der Waals surface area contributed by atoms with Crippen molar-refractivity contribution >= 4 is 0 Å². The van der Waals surface area contributed by atoms with E-state index in [0.29, 0.717) is 24.7 Å². The Morgan fingerprint density at radius 2 is 2.16 bits per heavy atom. The number of nitrogens with two attached hydrogens (primary N) is 1. The summed E-state index contributed by atoms with van der Waals surface area (Å²) in [5, 5.41) is 3.82. The quantitative estimate of drug-likeness (QED) is 0.892. The van der Waals surface area contributed by atoms with Crippen LogP contribution in [0.3, 0.4) is 0 Å². The summed E-state index contributed by atoms with van der Waals surface area (Å²) in [6.07, 6.45) is 0.752. The van der Waals surface area contributed by atoms with Crippen LogP contribution in [-0.2, 0) is 4.74 Å². The normalized spacial score (nSPS) is 23.5. The molecule has 100 valence electrons. The maximum atomic E-state index is 13.6. The molecule has 0 radical (unpaired) electrons. The van der Waals surface area contributed by atoms with Gasteiger partial charge in [-0.05, 0) is 18.6 Å². The molecule has 19 heavy (non-hydrogen) atoms. The summed E-state index contributed by atoms with van der Waals surface area (Å²) >= 11 is 0. The van der Waals surface area contributed by atoms with Gasteiger partial charge in [0, 0.05) is 12.6 Å². The highest BCUT2D eigenvalue weighted by molar-refractivity contribution is 5.54. The van der Waals surface area contributed by atoms with Gasteiger partial charge in [-0.15, -0.1) is 0 Å². The first-order valence-electron chi connectivity index (χ1n) is 6.17. The summed E-state index contributed by atoms with van der Waals surface area (Å²) < 4.78 is 24.2. The van der Waals surface area contributed by atoms with Crippen molar-refractivity contribution in [3.8, 4) is 11.4 Å². The van der Waals surface area contributed by atoms with E-state index in [1.165, 1.54) is 6.07 Å². The van der Waals surface area contributed by atoms with Crippen LogP contribution < -0.4 is 5.73 Å². The minimum Gasteiger partial charge on any atom is -0.381 e. The minimum atomic E-state index is -0.376. The molecule has 2 atom stereocenters. The molecular formula is C13H14FN3O2. The number of benzene rings is 1. The van der Waals surface area contributed by atoms with E-state index in [2.05, 4.69) is 10.1 Å². The molecule has 1 aromatic heterocycles. The number of hydrogen-bond donors (Lipinski definition) is 1. The van der Waals surface area contributed by atoms with E-state index in [1.807, 2.05) is 0 Å². The molecule has 2 N–H and O–H groups in total. The monoisotopic (exact) mass is 263 g/mol. The third kappa shape index (κ3) is 2.36. The Kier molecular flexibility index (Phi) is 3.27. The van der Waals surface area contributed by atoms with E-state index in [1.54, 1.807) is 18.2 Å². The zero-order valence-corrected chi connectivity index (χ0v) is 10.3. The average molecular weight is 263 g/mol. The van der Waals surface area contributed by atoms with E-state index in [-0.39, 0.29) is 23.6 Å². The van der Waals surface area contributed by atoms with Crippen molar-refractivity contribution in [2.45, 2.75) is 18.4 Å². The second kappa shape index (κ2) is 5.07. The maximum Gasteiger partial charge on any atom is 0.233 e. The maximum absolute atomic E-state index is 13.6. The van der Waals surface area contributed by atoms with Crippen molar-refractivity contribution in [3.63, 3.8) is 0 Å². The van der Waals surface area contributed by atoms with E-state index < -0.39 is 0 Å². The van der Waals surface area contributed by atoms with Crippen LogP contribution in [0, 0.1) is 5.82 Å². The Balaban J connectivity index is 1.89. The number of nitrogens with zero attached hydrogens (tertiary/aromatic N) is 2. The molecule has 6 heteroatoms. The first-order valence-corrected chi connectivity index (χ1v) is 6.17. The van der Waals surface area contributed by atoms with Gasteiger partial charge in [0.15, 0.2) is 0 Å². The summed E-state index contributed by atoms with van der Waals surface area (Å²) in [4.78, 5) is 4.24. The largest absolute Gasteiger partial charge is 0.381 e. The van der Waals surface area contributed by atoms with Crippen LogP contribution in [0.1, 0.15) is 18.2 Å². The Morgan fingerprint density at radius 3 is 2.95 bits per heavy atom. The molecule has 2 unspecified atom stereocenters. The Hall–Kier alpha value is -1.79. The first-order chi connectivity index (χ1) is 9.25. The third-order valence-corrected chi connectivity index (χ3v) is 3.28. The lowest BCUT2D eigenvalue weighted by Crippen LogP contribution is -2.37. The fourth-order valence-electron chi connectivity index (χ4n) is 2.15. The third-order valence-electron chi connectivity index (χ3n) is 3.28. The summed E-state index contributed by atoms with van der Waals surface area (Å²) in [7, 11) is 0. The highest BCUT2D eigenvalue weighted by Gasteiger charge is 2.29. The number of ether oxygens (including phenoxy) is 1. The van der Waals surface area contributed by atoms with Crippen LogP contribution in [0.5, 0.6) is 0 Å². The van der Waals surface area contributed by atoms with Gasteiger partial charge in [0.25, 0.3) is 0 Å². The van der Waals surface area contributed by atoms with E-state index >= 15 is 0 Å². The van der Waals surface area contributed by atoms with Crippen molar-refractivity contribution in [2.75, 3.05) is 13.2 Å². The molecule has 2 aromatic rings. The van der Waals surface area contributed by atoms with Crippen molar-refractivity contribution in [3.05, 3.63) is 36.0 Å². The molecule has 1 saturated heterocycles. The standard InChI is InChI=1S/C13H14FN3O2/c14-10-4-2-1-3-8(10)12-16-13(19-17-12)9-7-18-6-5-11(9)15/h1-4,9,11H,5-7,15H2. The average Bonchev–Trinajstić information content (AvgIpc) is 2.89. The molecule has 0 bridgehead atoms. The molecule has 0 spiro atoms. The molecular weight excluding hydrogens is 249 g/mol. The molecule has 1 aliphatic heterocycles. The second-order valence-corrected chi connectivity index (χ2v) is 4.57. The van der Waals surface area contributed by atoms with Gasteiger partial charge in [-0.1, -0.05) is 17.3 Å². The van der Waals surface area contributed by atoms with Gasteiger partial charge in [0.1, 0.15) is 5.82 Å². The molecule has 3 rings (SSSR count). The molecule has 2 heterocycles. The van der Waals surface area contributed by atoms with Gasteiger partial charge >= 0.3 is 0 Å². The minimum absolute atomic E-state index is 0.0670. The predicted octanol–water partition coefficient (Wildman–Crippen LogP) is 1.71. The van der Waals surface area contributed by atoms with Crippen LogP contribution in [0.2, 0.25) is 0 Å². The zero-order chi connectivity index (χ0) is 13.2. The SMILES string of the molecule is NC1CCOCC1c1nc(-c2ccccc2F)no1. The predicted molar refractivity (Wildman–Crippen MR) is 65.8 cm³/mol. The molecule has 0 aliphatic carbocycles. The van der Waals surface area contributed by atoms with Crippen molar-refractivity contribution < 1.29 is 13.7 Å². The molecule has 1 aromatic carbocycles. The Bertz CT molecular complexity index is 573. The lowest BCUT2D eigenvalue weighted by atomic mass is 9.97. The van der Waals surface area contributed by atoms with Gasteiger partial charge in [-0.3, -0.25) is 0 Å². The first kappa shape index (κ1) is 12.3. The van der Waals surface area contributed by atoms with Crippen LogP contribution in [0.15, 0.2) is 28.8 Å². The summed E-state index contributed by atoms with van der Waals surface area (Å²) in [5.41, 5.74) is 6.33. The molecule has 1 fully saturated rings. The fourth-order valence-corrected chi connectivity index (χ4v) is 2.15. The number of halogens is 1. The molecule has 5 nitrogen and oxygen atoms in total. The van der Waals surface area contributed by atoms with Gasteiger partial charge < -0.3 is 15.0 Å². The highest BCUT2D eigenvalue weighted by atomic mass is 19.1. The topological polar surface area (TPSA) is 74.2 Å². The summed E-state index contributed by atoms with van der Waals surface area (Å²) in [6.45, 7) is 1.10. The van der Waals surface area contributed by atoms with Crippen LogP contribution in [0.4, 0.5) is 4.39 Å². The van der Waals surface area contributed by atoms with Crippen molar-refractivity contribution in [2.24, 2.45) is 5.73 Å². The molecule has 0 saturated carbocycles. The summed E-state index contributed by atoms with van der Waals surface area (Å²) in [6, 6.07) is 6.25. The van der Waals surface area contributed by atoms with Gasteiger partial charge in [0.05, 0.1) is 18.1 Å².